The molecule has 1 heterocycles. The van der Waals surface area contributed by atoms with Crippen molar-refractivity contribution in [2.45, 2.75) is 32.7 Å². The number of nitrogens with zero attached hydrogens (tertiary/aromatic N) is 2. The van der Waals surface area contributed by atoms with Crippen molar-refractivity contribution in [3.63, 3.8) is 0 Å². The third-order valence-electron chi connectivity index (χ3n) is 4.39. The maximum absolute atomic E-state index is 12.3. The van der Waals surface area contributed by atoms with Gasteiger partial charge in [0, 0.05) is 38.6 Å². The van der Waals surface area contributed by atoms with Gasteiger partial charge in [-0.05, 0) is 18.4 Å². The number of likely N-dealkylation sites (N-methyl/N-ethyl adjacent to an activating group) is 1. The van der Waals surface area contributed by atoms with Gasteiger partial charge in [-0.2, -0.15) is 0 Å². The molecule has 1 saturated heterocycles. The topological polar surface area (TPSA) is 52.7 Å². The van der Waals surface area contributed by atoms with Crippen molar-refractivity contribution in [1.29, 1.82) is 0 Å². The summed E-state index contributed by atoms with van der Waals surface area (Å²) in [5.74, 6) is 0.165. The first-order chi connectivity index (χ1) is 12.0. The number of carbonyl (C=O) groups excluding carboxylic acids is 2. The van der Waals surface area contributed by atoms with E-state index in [1.807, 2.05) is 61.2 Å². The molecule has 5 heteroatoms. The molecule has 0 spiro atoms. The zero-order valence-corrected chi connectivity index (χ0v) is 15.4. The molecule has 1 atom stereocenters. The molecular weight excluding hydrogens is 314 g/mol. The van der Waals surface area contributed by atoms with Crippen LogP contribution < -0.4 is 5.32 Å². The summed E-state index contributed by atoms with van der Waals surface area (Å²) in [5, 5.41) is 3.05. The van der Waals surface area contributed by atoms with Crippen LogP contribution in [0.4, 0.5) is 4.79 Å². The van der Waals surface area contributed by atoms with Crippen LogP contribution in [-0.4, -0.2) is 54.5 Å². The maximum atomic E-state index is 12.3. The predicted octanol–water partition coefficient (Wildman–Crippen LogP) is 2.99. The quantitative estimate of drug-likeness (QED) is 0.893. The Bertz CT molecular complexity index is 598. The van der Waals surface area contributed by atoms with Crippen LogP contribution in [0.15, 0.2) is 36.4 Å². The molecule has 1 fully saturated rings. The van der Waals surface area contributed by atoms with Crippen LogP contribution in [0.2, 0.25) is 0 Å². The van der Waals surface area contributed by atoms with Crippen molar-refractivity contribution < 1.29 is 9.59 Å². The molecule has 3 amide bonds. The monoisotopic (exact) mass is 343 g/mol. The number of piperidine rings is 1. The Balaban J connectivity index is 1.80. The van der Waals surface area contributed by atoms with E-state index in [0.29, 0.717) is 13.1 Å². The fourth-order valence-electron chi connectivity index (χ4n) is 2.94. The molecule has 136 valence electrons. The Morgan fingerprint density at radius 2 is 2.04 bits per heavy atom. The lowest BCUT2D eigenvalue weighted by Gasteiger charge is -2.34. The van der Waals surface area contributed by atoms with Crippen molar-refractivity contribution in [1.82, 2.24) is 15.1 Å². The summed E-state index contributed by atoms with van der Waals surface area (Å²) in [7, 11) is 1.78. The second-order valence-corrected chi connectivity index (χ2v) is 6.92. The van der Waals surface area contributed by atoms with Crippen molar-refractivity contribution in [3.8, 4) is 0 Å². The summed E-state index contributed by atoms with van der Waals surface area (Å²) in [6.45, 7) is 5.77. The van der Waals surface area contributed by atoms with Crippen LogP contribution >= 0.6 is 0 Å². The number of carbonyl (C=O) groups is 2. The van der Waals surface area contributed by atoms with Crippen molar-refractivity contribution in [2.24, 2.45) is 5.92 Å². The van der Waals surface area contributed by atoms with Gasteiger partial charge in [0.25, 0.3) is 0 Å². The number of hydrogen-bond acceptors (Lipinski definition) is 2. The second-order valence-electron chi connectivity index (χ2n) is 6.92. The minimum absolute atomic E-state index is 0.000230. The summed E-state index contributed by atoms with van der Waals surface area (Å²) in [6, 6.07) is 9.95. The van der Waals surface area contributed by atoms with E-state index in [2.05, 4.69) is 5.32 Å². The molecule has 0 radical (unpaired) electrons. The zero-order chi connectivity index (χ0) is 18.2. The molecule has 2 rings (SSSR count). The first-order valence-electron chi connectivity index (χ1n) is 8.99. The molecule has 1 aromatic rings. The molecule has 1 unspecified atom stereocenters. The van der Waals surface area contributed by atoms with E-state index in [-0.39, 0.29) is 23.9 Å². The Kier molecular flexibility index (Phi) is 7.04. The standard InChI is InChI=1S/C20H29N3O2/c1-16(2)19(24)23-14-8-12-18(15-23)21-20(25)22(3)13-7-11-17-9-5-4-6-10-17/h4-7,9-11,16,18H,8,12-15H2,1-3H3,(H,21,25). The average molecular weight is 343 g/mol. The highest BCUT2D eigenvalue weighted by molar-refractivity contribution is 5.78. The Hall–Kier alpha value is -2.30. The van der Waals surface area contributed by atoms with Gasteiger partial charge in [0.05, 0.1) is 0 Å². The zero-order valence-electron chi connectivity index (χ0n) is 15.4. The SMILES string of the molecule is CC(C)C(=O)N1CCCC(NC(=O)N(C)CC=Cc2ccccc2)C1. The molecule has 1 aromatic carbocycles. The number of hydrogen-bond donors (Lipinski definition) is 1. The summed E-state index contributed by atoms with van der Waals surface area (Å²) in [5.41, 5.74) is 1.12. The Morgan fingerprint density at radius 3 is 2.72 bits per heavy atom. The van der Waals surface area contributed by atoms with E-state index in [1.54, 1.807) is 11.9 Å². The lowest BCUT2D eigenvalue weighted by Crippen LogP contribution is -2.52. The number of urea groups is 1. The minimum Gasteiger partial charge on any atom is -0.340 e. The van der Waals surface area contributed by atoms with Crippen molar-refractivity contribution in [3.05, 3.63) is 42.0 Å². The molecule has 0 aromatic heterocycles. The number of benzene rings is 1. The highest BCUT2D eigenvalue weighted by Crippen LogP contribution is 2.13. The molecule has 1 aliphatic rings. The van der Waals surface area contributed by atoms with E-state index in [9.17, 15) is 9.59 Å². The van der Waals surface area contributed by atoms with Gasteiger partial charge in [0.15, 0.2) is 0 Å². The van der Waals surface area contributed by atoms with Crippen LogP contribution in [0.3, 0.4) is 0 Å². The molecule has 0 saturated carbocycles. The van der Waals surface area contributed by atoms with Gasteiger partial charge in [-0.25, -0.2) is 4.79 Å². The van der Waals surface area contributed by atoms with Crippen LogP contribution in [0.1, 0.15) is 32.3 Å². The fraction of sp³-hybridized carbons (Fsp3) is 0.500. The maximum Gasteiger partial charge on any atom is 0.317 e. The largest absolute Gasteiger partial charge is 0.340 e. The second kappa shape index (κ2) is 9.25. The van der Waals surface area contributed by atoms with Crippen molar-refractivity contribution >= 4 is 18.0 Å². The molecule has 5 nitrogen and oxygen atoms in total. The first kappa shape index (κ1) is 19.0. The Morgan fingerprint density at radius 1 is 1.32 bits per heavy atom. The fourth-order valence-corrected chi connectivity index (χ4v) is 2.94. The summed E-state index contributed by atoms with van der Waals surface area (Å²) < 4.78 is 0. The van der Waals surface area contributed by atoms with Crippen LogP contribution in [0.5, 0.6) is 0 Å². The van der Waals surface area contributed by atoms with E-state index in [4.69, 9.17) is 0 Å². The molecule has 0 aliphatic carbocycles. The minimum atomic E-state index is -0.0958. The molecule has 0 bridgehead atoms. The van der Waals surface area contributed by atoms with Crippen LogP contribution in [0.25, 0.3) is 6.08 Å². The third kappa shape index (κ3) is 5.93. The van der Waals surface area contributed by atoms with E-state index in [0.717, 1.165) is 24.9 Å². The number of rotatable bonds is 5. The highest BCUT2D eigenvalue weighted by Gasteiger charge is 2.26. The number of amides is 3. The average Bonchev–Trinajstić information content (AvgIpc) is 2.62. The van der Waals surface area contributed by atoms with Crippen LogP contribution in [-0.2, 0) is 4.79 Å². The highest BCUT2D eigenvalue weighted by atomic mass is 16.2. The van der Waals surface area contributed by atoms with E-state index in [1.165, 1.54) is 0 Å². The summed E-state index contributed by atoms with van der Waals surface area (Å²) in [6.07, 6.45) is 5.83. The van der Waals surface area contributed by atoms with E-state index < -0.39 is 0 Å². The predicted molar refractivity (Wildman–Crippen MR) is 101 cm³/mol. The lowest BCUT2D eigenvalue weighted by atomic mass is 10.0. The molecule has 1 N–H and O–H groups in total. The van der Waals surface area contributed by atoms with Gasteiger partial charge in [-0.3, -0.25) is 4.79 Å². The van der Waals surface area contributed by atoms with E-state index >= 15 is 0 Å². The molecule has 1 aliphatic heterocycles. The smallest absolute Gasteiger partial charge is 0.317 e. The molecule has 25 heavy (non-hydrogen) atoms. The third-order valence-corrected chi connectivity index (χ3v) is 4.39. The van der Waals surface area contributed by atoms with Gasteiger partial charge in [-0.1, -0.05) is 56.3 Å². The first-order valence-corrected chi connectivity index (χ1v) is 8.99. The van der Waals surface area contributed by atoms with Crippen molar-refractivity contribution in [2.75, 3.05) is 26.7 Å². The van der Waals surface area contributed by atoms with Gasteiger partial charge < -0.3 is 15.1 Å². The Labute approximate surface area is 150 Å². The van der Waals surface area contributed by atoms with Gasteiger partial charge >= 0.3 is 6.03 Å². The number of nitrogens with one attached hydrogen (secondary N) is 1. The normalized spacial score (nSPS) is 17.8. The number of likely N-dealkylation sites (tertiary alicyclic amines) is 1. The summed E-state index contributed by atoms with van der Waals surface area (Å²) in [4.78, 5) is 28.0. The summed E-state index contributed by atoms with van der Waals surface area (Å²) >= 11 is 0. The molecular formula is C20H29N3O2. The lowest BCUT2D eigenvalue weighted by molar-refractivity contribution is -0.135. The van der Waals surface area contributed by atoms with Crippen LogP contribution in [0, 0.1) is 5.92 Å². The van der Waals surface area contributed by atoms with Gasteiger partial charge in [0.1, 0.15) is 0 Å². The van der Waals surface area contributed by atoms with Gasteiger partial charge in [0.2, 0.25) is 5.91 Å². The van der Waals surface area contributed by atoms with Gasteiger partial charge in [-0.15, -0.1) is 0 Å².